The first-order chi connectivity index (χ1) is 8.09. The van der Waals surface area contributed by atoms with E-state index in [9.17, 15) is 14.9 Å². The highest BCUT2D eigenvalue weighted by Crippen LogP contribution is 2.51. The van der Waals surface area contributed by atoms with Crippen LogP contribution in [0.2, 0.25) is 0 Å². The quantitative estimate of drug-likeness (QED) is 0.643. The third kappa shape index (κ3) is 1.35. The summed E-state index contributed by atoms with van der Waals surface area (Å²) >= 11 is 0. The van der Waals surface area contributed by atoms with Gasteiger partial charge in [0.25, 0.3) is 0 Å². The van der Waals surface area contributed by atoms with Crippen LogP contribution in [-0.2, 0) is 9.59 Å². The van der Waals surface area contributed by atoms with Gasteiger partial charge in [-0.2, -0.15) is 5.26 Å². The molecule has 3 aliphatic rings. The molecule has 0 N–H and O–H groups in total. The molecule has 0 aromatic heterocycles. The lowest BCUT2D eigenvalue weighted by Gasteiger charge is -2.40. The van der Waals surface area contributed by atoms with Crippen molar-refractivity contribution in [3.05, 3.63) is 0 Å². The Bertz CT molecular complexity index is 409. The minimum atomic E-state index is -0.825. The fraction of sp³-hybridized carbons (Fsp3) is 0.769. The standard InChI is InChI=1S/C13H16N2O2/c1-8-2-4-13(7-14,5-3-8)15-11(16)9-6-10(9)12(15)17/h8-10H,2-6H2,1H3. The second-order valence-electron chi connectivity index (χ2n) is 5.79. The largest absolute Gasteiger partial charge is 0.274 e. The molecule has 1 saturated heterocycles. The smallest absolute Gasteiger partial charge is 0.234 e. The zero-order valence-electron chi connectivity index (χ0n) is 9.98. The van der Waals surface area contributed by atoms with Gasteiger partial charge >= 0.3 is 0 Å². The summed E-state index contributed by atoms with van der Waals surface area (Å²) in [4.78, 5) is 25.4. The van der Waals surface area contributed by atoms with Crippen molar-refractivity contribution >= 4 is 11.8 Å². The van der Waals surface area contributed by atoms with Crippen LogP contribution >= 0.6 is 0 Å². The van der Waals surface area contributed by atoms with E-state index in [2.05, 4.69) is 13.0 Å². The molecule has 0 aromatic rings. The minimum absolute atomic E-state index is 0.0869. The SMILES string of the molecule is CC1CCC(C#N)(N2C(=O)C3CC3C2=O)CC1. The van der Waals surface area contributed by atoms with Gasteiger partial charge in [-0.3, -0.25) is 14.5 Å². The van der Waals surface area contributed by atoms with E-state index in [4.69, 9.17) is 0 Å². The Hall–Kier alpha value is -1.37. The van der Waals surface area contributed by atoms with Gasteiger partial charge in [0, 0.05) is 0 Å². The Balaban J connectivity index is 1.89. The lowest BCUT2D eigenvalue weighted by Crippen LogP contribution is -2.53. The number of nitriles is 1. The van der Waals surface area contributed by atoms with Gasteiger partial charge in [0.15, 0.2) is 0 Å². The molecule has 90 valence electrons. The van der Waals surface area contributed by atoms with E-state index in [0.717, 1.165) is 12.8 Å². The van der Waals surface area contributed by atoms with Crippen molar-refractivity contribution in [3.8, 4) is 6.07 Å². The van der Waals surface area contributed by atoms with Crippen LogP contribution in [0.3, 0.4) is 0 Å². The van der Waals surface area contributed by atoms with E-state index >= 15 is 0 Å². The van der Waals surface area contributed by atoms with Crippen molar-refractivity contribution in [1.82, 2.24) is 4.90 Å². The fourth-order valence-electron chi connectivity index (χ4n) is 3.23. The predicted octanol–water partition coefficient (Wildman–Crippen LogP) is 1.46. The molecule has 3 fully saturated rings. The van der Waals surface area contributed by atoms with Gasteiger partial charge in [0.05, 0.1) is 17.9 Å². The summed E-state index contributed by atoms with van der Waals surface area (Å²) in [5, 5.41) is 9.43. The number of imide groups is 1. The highest BCUT2D eigenvalue weighted by molar-refractivity contribution is 6.09. The molecule has 0 aromatic carbocycles. The van der Waals surface area contributed by atoms with Crippen molar-refractivity contribution in [2.24, 2.45) is 17.8 Å². The van der Waals surface area contributed by atoms with Gasteiger partial charge < -0.3 is 0 Å². The number of amides is 2. The van der Waals surface area contributed by atoms with Crippen molar-refractivity contribution in [3.63, 3.8) is 0 Å². The maximum Gasteiger partial charge on any atom is 0.234 e. The first-order valence-electron chi connectivity index (χ1n) is 6.38. The van der Waals surface area contributed by atoms with Gasteiger partial charge in [0.1, 0.15) is 5.54 Å². The second-order valence-corrected chi connectivity index (χ2v) is 5.79. The molecular formula is C13H16N2O2. The van der Waals surface area contributed by atoms with E-state index in [1.807, 2.05) is 0 Å². The van der Waals surface area contributed by atoms with Crippen LogP contribution in [0.5, 0.6) is 0 Å². The lowest BCUT2D eigenvalue weighted by atomic mass is 9.77. The number of carbonyl (C=O) groups excluding carboxylic acids is 2. The Morgan fingerprint density at radius 1 is 1.24 bits per heavy atom. The number of piperidine rings is 1. The summed E-state index contributed by atoms with van der Waals surface area (Å²) in [5.74, 6) is 0.241. The first-order valence-corrected chi connectivity index (χ1v) is 6.38. The zero-order valence-corrected chi connectivity index (χ0v) is 9.98. The Morgan fingerprint density at radius 2 is 1.76 bits per heavy atom. The van der Waals surface area contributed by atoms with Gasteiger partial charge in [-0.1, -0.05) is 6.92 Å². The fourth-order valence-corrected chi connectivity index (χ4v) is 3.23. The molecule has 2 unspecified atom stereocenters. The molecule has 1 heterocycles. The molecule has 0 bridgehead atoms. The number of likely N-dealkylation sites (tertiary alicyclic amines) is 1. The van der Waals surface area contributed by atoms with E-state index in [1.54, 1.807) is 0 Å². The molecule has 17 heavy (non-hydrogen) atoms. The molecule has 4 heteroatoms. The summed E-state index contributed by atoms with van der Waals surface area (Å²) in [6.07, 6.45) is 3.88. The monoisotopic (exact) mass is 232 g/mol. The van der Waals surface area contributed by atoms with E-state index in [0.29, 0.717) is 25.2 Å². The maximum atomic E-state index is 12.1. The average Bonchev–Trinajstić information content (AvgIpc) is 3.07. The van der Waals surface area contributed by atoms with Crippen molar-refractivity contribution in [2.75, 3.05) is 0 Å². The third-order valence-electron chi connectivity index (χ3n) is 4.60. The molecule has 2 saturated carbocycles. The molecule has 2 atom stereocenters. The number of carbonyl (C=O) groups is 2. The number of hydrogen-bond acceptors (Lipinski definition) is 3. The van der Waals surface area contributed by atoms with Crippen LogP contribution < -0.4 is 0 Å². The highest BCUT2D eigenvalue weighted by Gasteiger charge is 2.63. The topological polar surface area (TPSA) is 61.2 Å². The van der Waals surface area contributed by atoms with Crippen LogP contribution in [0.4, 0.5) is 0 Å². The van der Waals surface area contributed by atoms with E-state index in [-0.39, 0.29) is 23.7 Å². The Labute approximate surface area is 101 Å². The highest BCUT2D eigenvalue weighted by atomic mass is 16.2. The third-order valence-corrected chi connectivity index (χ3v) is 4.60. The zero-order chi connectivity index (χ0) is 12.2. The molecule has 3 rings (SSSR count). The number of nitrogens with zero attached hydrogens (tertiary/aromatic N) is 2. The van der Waals surface area contributed by atoms with Gasteiger partial charge in [-0.05, 0) is 38.0 Å². The summed E-state index contributed by atoms with van der Waals surface area (Å²) in [7, 11) is 0. The predicted molar refractivity (Wildman–Crippen MR) is 59.4 cm³/mol. The first kappa shape index (κ1) is 10.8. The van der Waals surface area contributed by atoms with Crippen LogP contribution in [0.25, 0.3) is 0 Å². The van der Waals surface area contributed by atoms with Gasteiger partial charge in [-0.25, -0.2) is 0 Å². The van der Waals surface area contributed by atoms with E-state index < -0.39 is 5.54 Å². The molecule has 2 aliphatic carbocycles. The van der Waals surface area contributed by atoms with Gasteiger partial charge in [0.2, 0.25) is 11.8 Å². The molecular weight excluding hydrogens is 216 g/mol. The van der Waals surface area contributed by atoms with Crippen molar-refractivity contribution < 1.29 is 9.59 Å². The summed E-state index contributed by atoms with van der Waals surface area (Å²) in [6, 6.07) is 2.27. The summed E-state index contributed by atoms with van der Waals surface area (Å²) in [5.41, 5.74) is -0.825. The van der Waals surface area contributed by atoms with E-state index in [1.165, 1.54) is 4.90 Å². The lowest BCUT2D eigenvalue weighted by molar-refractivity contribution is -0.148. The number of hydrogen-bond donors (Lipinski definition) is 0. The molecule has 0 radical (unpaired) electrons. The molecule has 0 spiro atoms. The van der Waals surface area contributed by atoms with Crippen molar-refractivity contribution in [1.29, 1.82) is 5.26 Å². The summed E-state index contributed by atoms with van der Waals surface area (Å²) in [6.45, 7) is 2.16. The van der Waals surface area contributed by atoms with Crippen LogP contribution in [0.15, 0.2) is 0 Å². The maximum absolute atomic E-state index is 12.1. The average molecular weight is 232 g/mol. The number of rotatable bonds is 1. The molecule has 2 amide bonds. The number of fused-ring (bicyclic) bond motifs is 1. The van der Waals surface area contributed by atoms with Crippen LogP contribution in [-0.4, -0.2) is 22.3 Å². The second kappa shape index (κ2) is 3.32. The summed E-state index contributed by atoms with van der Waals surface area (Å²) < 4.78 is 0. The minimum Gasteiger partial charge on any atom is -0.274 e. The van der Waals surface area contributed by atoms with Crippen LogP contribution in [0.1, 0.15) is 39.0 Å². The normalized spacial score (nSPS) is 44.5. The molecule has 4 nitrogen and oxygen atoms in total. The van der Waals surface area contributed by atoms with Crippen molar-refractivity contribution in [2.45, 2.75) is 44.6 Å². The van der Waals surface area contributed by atoms with Crippen LogP contribution in [0, 0.1) is 29.1 Å². The Morgan fingerprint density at radius 3 is 2.24 bits per heavy atom. The van der Waals surface area contributed by atoms with Gasteiger partial charge in [-0.15, -0.1) is 0 Å². The molecule has 1 aliphatic heterocycles. The Kier molecular flexibility index (Phi) is 2.10.